The summed E-state index contributed by atoms with van der Waals surface area (Å²) in [7, 11) is 7.56. The predicted molar refractivity (Wildman–Crippen MR) is 172 cm³/mol. The molecule has 0 aliphatic carbocycles. The minimum atomic E-state index is -0.375. The summed E-state index contributed by atoms with van der Waals surface area (Å²) in [6.07, 6.45) is 4.81. The van der Waals surface area contributed by atoms with Crippen molar-refractivity contribution in [2.45, 2.75) is 12.8 Å². The quantitative estimate of drug-likeness (QED) is 0.193. The molecule has 12 nitrogen and oxygen atoms in total. The molecular formula is C34H39N3O9. The van der Waals surface area contributed by atoms with Gasteiger partial charge in [0.25, 0.3) is 5.91 Å². The Hall–Kier alpha value is -4.97. The van der Waals surface area contributed by atoms with Gasteiger partial charge in [0.2, 0.25) is 16.9 Å². The van der Waals surface area contributed by atoms with Crippen LogP contribution in [0.25, 0.3) is 22.3 Å². The molecule has 0 saturated carbocycles. The third-order valence-electron chi connectivity index (χ3n) is 7.98. The first kappa shape index (κ1) is 32.4. The number of pyridine rings is 1. The number of unbranched alkanes of at least 4 members (excludes halogenated alkanes) is 1. The minimum Gasteiger partial charge on any atom is -0.496 e. The second kappa shape index (κ2) is 14.9. The van der Waals surface area contributed by atoms with Gasteiger partial charge in [0, 0.05) is 61.8 Å². The molecule has 5 rings (SSSR count). The SMILES string of the molecule is COc1cc(OC)c2c(=O)c(OCCCCN3CCN(C(=O)c4ccncc4)CC3)c(-c3cc(OC)c(OC)c(OC)c3)oc2c1. The lowest BCUT2D eigenvalue weighted by molar-refractivity contribution is 0.0634. The number of hydrogen-bond donors (Lipinski definition) is 0. The zero-order valence-corrected chi connectivity index (χ0v) is 26.8. The molecule has 2 aromatic heterocycles. The summed E-state index contributed by atoms with van der Waals surface area (Å²) in [6, 6.07) is 10.2. The van der Waals surface area contributed by atoms with Crippen LogP contribution in [0, 0.1) is 0 Å². The molecular weight excluding hydrogens is 594 g/mol. The van der Waals surface area contributed by atoms with E-state index < -0.39 is 0 Å². The normalized spacial score (nSPS) is 13.4. The first-order chi connectivity index (χ1) is 22.4. The maximum Gasteiger partial charge on any atom is 0.254 e. The van der Waals surface area contributed by atoms with Crippen LogP contribution in [-0.4, -0.2) is 95.6 Å². The fourth-order valence-electron chi connectivity index (χ4n) is 5.52. The molecule has 1 saturated heterocycles. The fourth-order valence-corrected chi connectivity index (χ4v) is 5.52. The van der Waals surface area contributed by atoms with Crippen molar-refractivity contribution in [2.24, 2.45) is 0 Å². The highest BCUT2D eigenvalue weighted by atomic mass is 16.5. The lowest BCUT2D eigenvalue weighted by atomic mass is 10.1. The molecule has 4 aromatic rings. The molecule has 2 aromatic carbocycles. The van der Waals surface area contributed by atoms with Crippen molar-refractivity contribution in [3.8, 4) is 45.8 Å². The average Bonchev–Trinajstić information content (AvgIpc) is 3.11. The van der Waals surface area contributed by atoms with Crippen LogP contribution in [0.4, 0.5) is 0 Å². The fraction of sp³-hybridized carbons (Fsp3) is 0.382. The molecule has 3 heterocycles. The maximum atomic E-state index is 14.0. The molecule has 0 bridgehead atoms. The molecule has 1 aliphatic heterocycles. The molecule has 1 fully saturated rings. The van der Waals surface area contributed by atoms with Crippen molar-refractivity contribution in [3.05, 3.63) is 64.6 Å². The highest BCUT2D eigenvalue weighted by Gasteiger charge is 2.25. The van der Waals surface area contributed by atoms with Gasteiger partial charge in [-0.2, -0.15) is 0 Å². The Balaban J connectivity index is 1.33. The van der Waals surface area contributed by atoms with Crippen LogP contribution in [0.1, 0.15) is 23.2 Å². The summed E-state index contributed by atoms with van der Waals surface area (Å²) < 4.78 is 40.1. The van der Waals surface area contributed by atoms with Crippen molar-refractivity contribution in [2.75, 3.05) is 74.9 Å². The van der Waals surface area contributed by atoms with E-state index in [-0.39, 0.29) is 40.4 Å². The van der Waals surface area contributed by atoms with Crippen LogP contribution >= 0.6 is 0 Å². The Morgan fingerprint density at radius 3 is 2.09 bits per heavy atom. The molecule has 1 amide bonds. The molecule has 0 unspecified atom stereocenters. The van der Waals surface area contributed by atoms with Gasteiger partial charge in [0.15, 0.2) is 17.3 Å². The molecule has 0 radical (unpaired) electrons. The zero-order chi connectivity index (χ0) is 32.6. The maximum absolute atomic E-state index is 14.0. The van der Waals surface area contributed by atoms with Gasteiger partial charge < -0.3 is 37.7 Å². The first-order valence-corrected chi connectivity index (χ1v) is 15.0. The van der Waals surface area contributed by atoms with Gasteiger partial charge in [-0.3, -0.25) is 19.5 Å². The van der Waals surface area contributed by atoms with Crippen LogP contribution in [0.15, 0.2) is 58.0 Å². The molecule has 1 aliphatic rings. The van der Waals surface area contributed by atoms with Gasteiger partial charge in [0.05, 0.1) is 42.2 Å². The standard InChI is InChI=1S/C34H39N3O9/c1-40-24-20-25(41-2)29-26(21-24)46-31(23-18-27(42-3)32(44-5)28(19-23)43-4)33(30(29)38)45-17-7-6-12-36-13-15-37(16-14-36)34(39)22-8-10-35-11-9-22/h8-11,18-21H,6-7,12-17H2,1-5H3. The molecule has 0 atom stereocenters. The van der Waals surface area contributed by atoms with Gasteiger partial charge in [-0.05, 0) is 43.7 Å². The summed E-state index contributed by atoms with van der Waals surface area (Å²) >= 11 is 0. The lowest BCUT2D eigenvalue weighted by Crippen LogP contribution is -2.48. The molecule has 244 valence electrons. The predicted octanol–water partition coefficient (Wildman–Crippen LogP) is 4.52. The largest absolute Gasteiger partial charge is 0.496 e. The van der Waals surface area contributed by atoms with E-state index in [1.54, 1.807) is 48.8 Å². The molecule has 0 spiro atoms. The summed E-state index contributed by atoms with van der Waals surface area (Å²) in [5.41, 5.74) is 1.06. The van der Waals surface area contributed by atoms with E-state index in [9.17, 15) is 9.59 Å². The van der Waals surface area contributed by atoms with E-state index in [2.05, 4.69) is 9.88 Å². The first-order valence-electron chi connectivity index (χ1n) is 15.0. The van der Waals surface area contributed by atoms with Crippen LogP contribution < -0.4 is 33.8 Å². The van der Waals surface area contributed by atoms with Crippen molar-refractivity contribution in [1.29, 1.82) is 0 Å². The van der Waals surface area contributed by atoms with Crippen molar-refractivity contribution >= 4 is 16.9 Å². The van der Waals surface area contributed by atoms with Crippen LogP contribution in [-0.2, 0) is 0 Å². The van der Waals surface area contributed by atoms with E-state index >= 15 is 0 Å². The van der Waals surface area contributed by atoms with E-state index in [1.165, 1.54) is 35.5 Å². The van der Waals surface area contributed by atoms with Gasteiger partial charge in [-0.15, -0.1) is 0 Å². The van der Waals surface area contributed by atoms with Gasteiger partial charge in [0.1, 0.15) is 22.5 Å². The number of fused-ring (bicyclic) bond motifs is 1. The van der Waals surface area contributed by atoms with Crippen LogP contribution in [0.2, 0.25) is 0 Å². The van der Waals surface area contributed by atoms with Crippen LogP contribution in [0.3, 0.4) is 0 Å². The molecule has 0 N–H and O–H groups in total. The molecule has 12 heteroatoms. The van der Waals surface area contributed by atoms with Crippen molar-refractivity contribution in [1.82, 2.24) is 14.8 Å². The van der Waals surface area contributed by atoms with Gasteiger partial charge in [-0.25, -0.2) is 0 Å². The number of carbonyl (C=O) groups is 1. The monoisotopic (exact) mass is 633 g/mol. The minimum absolute atomic E-state index is 0.0302. The Labute approximate surface area is 267 Å². The number of ether oxygens (including phenoxy) is 6. The smallest absolute Gasteiger partial charge is 0.254 e. The van der Waals surface area contributed by atoms with E-state index in [1.807, 2.05) is 4.90 Å². The highest BCUT2D eigenvalue weighted by molar-refractivity contribution is 5.94. The average molecular weight is 634 g/mol. The Morgan fingerprint density at radius 1 is 0.804 bits per heavy atom. The number of carbonyl (C=O) groups excluding carboxylic acids is 1. The van der Waals surface area contributed by atoms with Crippen LogP contribution in [0.5, 0.6) is 34.5 Å². The number of rotatable bonds is 13. The highest BCUT2D eigenvalue weighted by Crippen LogP contribution is 2.44. The summed E-state index contributed by atoms with van der Waals surface area (Å²) in [4.78, 5) is 34.9. The lowest BCUT2D eigenvalue weighted by Gasteiger charge is -2.34. The summed E-state index contributed by atoms with van der Waals surface area (Å²) in [5.74, 6) is 2.28. The summed E-state index contributed by atoms with van der Waals surface area (Å²) in [6.45, 7) is 4.05. The third-order valence-corrected chi connectivity index (χ3v) is 7.98. The van der Waals surface area contributed by atoms with Gasteiger partial charge in [-0.1, -0.05) is 0 Å². The Morgan fingerprint density at radius 2 is 1.48 bits per heavy atom. The summed E-state index contributed by atoms with van der Waals surface area (Å²) in [5, 5.41) is 0.244. The van der Waals surface area contributed by atoms with E-state index in [0.29, 0.717) is 59.4 Å². The number of hydrogen-bond acceptors (Lipinski definition) is 11. The van der Waals surface area contributed by atoms with Crippen molar-refractivity contribution in [3.63, 3.8) is 0 Å². The van der Waals surface area contributed by atoms with Gasteiger partial charge >= 0.3 is 0 Å². The Kier molecular flexibility index (Phi) is 10.5. The number of benzene rings is 2. The number of methoxy groups -OCH3 is 5. The number of amides is 1. The molecule has 46 heavy (non-hydrogen) atoms. The number of piperazine rings is 1. The second-order valence-electron chi connectivity index (χ2n) is 10.6. The second-order valence-corrected chi connectivity index (χ2v) is 10.6. The Bertz CT molecular complexity index is 1690. The van der Waals surface area contributed by atoms with E-state index in [4.69, 9.17) is 32.8 Å². The van der Waals surface area contributed by atoms with E-state index in [0.717, 1.165) is 26.1 Å². The number of nitrogens with zero attached hydrogens (tertiary/aromatic N) is 3. The zero-order valence-electron chi connectivity index (χ0n) is 26.8. The number of aromatic nitrogens is 1. The topological polar surface area (TPSA) is 122 Å². The van der Waals surface area contributed by atoms with Crippen molar-refractivity contribution < 1.29 is 37.6 Å². The third kappa shape index (κ3) is 6.81.